The van der Waals surface area contributed by atoms with Crippen LogP contribution in [0.3, 0.4) is 0 Å². The van der Waals surface area contributed by atoms with Crippen LogP contribution in [0.2, 0.25) is 0 Å². The first-order chi connectivity index (χ1) is 13.6. The van der Waals surface area contributed by atoms with Crippen molar-refractivity contribution in [2.45, 2.75) is 13.5 Å². The van der Waals surface area contributed by atoms with Gasteiger partial charge in [-0.15, -0.1) is 0 Å². The Kier molecular flexibility index (Phi) is 6.11. The van der Waals surface area contributed by atoms with E-state index in [-0.39, 0.29) is 30.7 Å². The van der Waals surface area contributed by atoms with Gasteiger partial charge < -0.3 is 10.2 Å². The third-order valence-electron chi connectivity index (χ3n) is 4.20. The summed E-state index contributed by atoms with van der Waals surface area (Å²) in [7, 11) is 0. The van der Waals surface area contributed by atoms with E-state index < -0.39 is 0 Å². The van der Waals surface area contributed by atoms with Gasteiger partial charge in [-0.2, -0.15) is 5.10 Å². The van der Waals surface area contributed by atoms with Crippen LogP contribution in [-0.2, 0) is 11.3 Å². The first kappa shape index (κ1) is 19.2. The van der Waals surface area contributed by atoms with E-state index in [4.69, 9.17) is 0 Å². The molecule has 7 nitrogen and oxygen atoms in total. The molecule has 0 atom stereocenters. The Balaban J connectivity index is 1.58. The van der Waals surface area contributed by atoms with Crippen LogP contribution in [0.4, 0.5) is 4.39 Å². The summed E-state index contributed by atoms with van der Waals surface area (Å²) in [5.74, 6) is -0.837. The number of amides is 2. The Morgan fingerprint density at radius 2 is 1.82 bits per heavy atom. The van der Waals surface area contributed by atoms with E-state index in [9.17, 15) is 14.0 Å². The van der Waals surface area contributed by atoms with Crippen molar-refractivity contribution in [3.8, 4) is 5.69 Å². The molecular formula is C20H20FN5O2. The van der Waals surface area contributed by atoms with Gasteiger partial charge in [0.15, 0.2) is 0 Å². The number of rotatable bonds is 7. The van der Waals surface area contributed by atoms with E-state index in [1.54, 1.807) is 47.4 Å². The van der Waals surface area contributed by atoms with Crippen LogP contribution in [0, 0.1) is 5.82 Å². The quantitative estimate of drug-likeness (QED) is 0.680. The molecule has 3 rings (SSSR count). The molecule has 0 aliphatic heterocycles. The Morgan fingerprint density at radius 1 is 1.11 bits per heavy atom. The zero-order valence-corrected chi connectivity index (χ0v) is 15.4. The van der Waals surface area contributed by atoms with Crippen LogP contribution < -0.4 is 5.32 Å². The molecule has 0 spiro atoms. The lowest BCUT2D eigenvalue weighted by Gasteiger charge is -2.20. The number of likely N-dealkylation sites (N-methyl/N-ethyl adjacent to an activating group) is 1. The van der Waals surface area contributed by atoms with Gasteiger partial charge in [-0.1, -0.05) is 12.1 Å². The highest BCUT2D eigenvalue weighted by atomic mass is 19.1. The molecule has 0 aliphatic carbocycles. The largest absolute Gasteiger partial charge is 0.350 e. The second-order valence-electron chi connectivity index (χ2n) is 6.11. The van der Waals surface area contributed by atoms with E-state index in [0.29, 0.717) is 12.1 Å². The Morgan fingerprint density at radius 3 is 2.43 bits per heavy atom. The number of hydrogen-bond acceptors (Lipinski definition) is 4. The molecule has 8 heteroatoms. The second-order valence-corrected chi connectivity index (χ2v) is 6.11. The molecule has 28 heavy (non-hydrogen) atoms. The normalized spacial score (nSPS) is 10.5. The van der Waals surface area contributed by atoms with Crippen molar-refractivity contribution in [1.82, 2.24) is 25.0 Å². The summed E-state index contributed by atoms with van der Waals surface area (Å²) in [6.07, 6.45) is 3.00. The van der Waals surface area contributed by atoms with E-state index in [2.05, 4.69) is 15.4 Å². The van der Waals surface area contributed by atoms with Gasteiger partial charge in [0.2, 0.25) is 5.91 Å². The lowest BCUT2D eigenvalue weighted by atomic mass is 10.1. The van der Waals surface area contributed by atoms with Crippen molar-refractivity contribution < 1.29 is 14.0 Å². The summed E-state index contributed by atoms with van der Waals surface area (Å²) in [5.41, 5.74) is 2.05. The molecule has 0 unspecified atom stereocenters. The standard InChI is InChI=1S/C20H20FN5O2/c1-2-25(12-19(27)23-11-15-3-7-17(21)8-4-15)20(28)16-5-9-18(10-6-16)26-14-22-13-24-26/h3-10,13-14H,2,11-12H2,1H3,(H,23,27). The minimum atomic E-state index is -0.326. The van der Waals surface area contributed by atoms with E-state index in [1.165, 1.54) is 23.4 Å². The molecule has 2 aromatic carbocycles. The lowest BCUT2D eigenvalue weighted by molar-refractivity contribution is -0.121. The Labute approximate surface area is 161 Å². The molecule has 0 bridgehead atoms. The minimum Gasteiger partial charge on any atom is -0.350 e. The molecule has 0 aliphatic rings. The van der Waals surface area contributed by atoms with Crippen LogP contribution in [0.1, 0.15) is 22.8 Å². The van der Waals surface area contributed by atoms with Crippen molar-refractivity contribution in [3.05, 3.63) is 78.1 Å². The summed E-state index contributed by atoms with van der Waals surface area (Å²) in [6, 6.07) is 12.8. The maximum atomic E-state index is 12.9. The predicted octanol–water partition coefficient (Wildman–Crippen LogP) is 2.18. The summed E-state index contributed by atoms with van der Waals surface area (Å²) >= 11 is 0. The van der Waals surface area contributed by atoms with Crippen molar-refractivity contribution in [1.29, 1.82) is 0 Å². The van der Waals surface area contributed by atoms with Gasteiger partial charge in [-0.05, 0) is 48.9 Å². The number of hydrogen-bond donors (Lipinski definition) is 1. The van der Waals surface area contributed by atoms with Crippen molar-refractivity contribution in [3.63, 3.8) is 0 Å². The number of benzene rings is 2. The van der Waals surface area contributed by atoms with E-state index in [1.807, 2.05) is 6.92 Å². The number of halogens is 1. The number of carbonyl (C=O) groups is 2. The summed E-state index contributed by atoms with van der Waals surface area (Å²) in [6.45, 7) is 2.43. The third kappa shape index (κ3) is 4.79. The van der Waals surface area contributed by atoms with Crippen LogP contribution in [0.25, 0.3) is 5.69 Å². The number of aromatic nitrogens is 3. The van der Waals surface area contributed by atoms with Crippen LogP contribution in [0.15, 0.2) is 61.2 Å². The van der Waals surface area contributed by atoms with Gasteiger partial charge in [0.25, 0.3) is 5.91 Å². The lowest BCUT2D eigenvalue weighted by Crippen LogP contribution is -2.40. The molecular weight excluding hydrogens is 361 g/mol. The molecule has 0 fully saturated rings. The zero-order valence-electron chi connectivity index (χ0n) is 15.4. The highest BCUT2D eigenvalue weighted by molar-refractivity contribution is 5.96. The fraction of sp³-hybridized carbons (Fsp3) is 0.200. The first-order valence-electron chi connectivity index (χ1n) is 8.82. The average molecular weight is 381 g/mol. The molecule has 0 saturated heterocycles. The van der Waals surface area contributed by atoms with E-state index in [0.717, 1.165) is 11.3 Å². The van der Waals surface area contributed by atoms with E-state index >= 15 is 0 Å². The fourth-order valence-corrected chi connectivity index (χ4v) is 2.64. The molecule has 1 heterocycles. The van der Waals surface area contributed by atoms with Crippen LogP contribution >= 0.6 is 0 Å². The smallest absolute Gasteiger partial charge is 0.254 e. The predicted molar refractivity (Wildman–Crippen MR) is 101 cm³/mol. The van der Waals surface area contributed by atoms with Crippen molar-refractivity contribution in [2.24, 2.45) is 0 Å². The average Bonchev–Trinajstić information content (AvgIpc) is 3.26. The molecule has 2 amide bonds. The summed E-state index contributed by atoms with van der Waals surface area (Å²) in [5, 5.41) is 6.78. The number of carbonyl (C=O) groups excluding carboxylic acids is 2. The molecule has 1 N–H and O–H groups in total. The molecule has 1 aromatic heterocycles. The SMILES string of the molecule is CCN(CC(=O)NCc1ccc(F)cc1)C(=O)c1ccc(-n2cncn2)cc1. The summed E-state index contributed by atoms with van der Waals surface area (Å²) < 4.78 is 14.5. The number of nitrogens with one attached hydrogen (secondary N) is 1. The Bertz CT molecular complexity index is 924. The fourth-order valence-electron chi connectivity index (χ4n) is 2.64. The van der Waals surface area contributed by atoms with Crippen LogP contribution in [0.5, 0.6) is 0 Å². The molecule has 3 aromatic rings. The number of nitrogens with zero attached hydrogens (tertiary/aromatic N) is 4. The highest BCUT2D eigenvalue weighted by Crippen LogP contribution is 2.10. The second kappa shape index (κ2) is 8.90. The van der Waals surface area contributed by atoms with Gasteiger partial charge in [0.05, 0.1) is 12.2 Å². The Hall–Kier alpha value is -3.55. The zero-order chi connectivity index (χ0) is 19.9. The maximum absolute atomic E-state index is 12.9. The first-order valence-corrected chi connectivity index (χ1v) is 8.82. The van der Waals surface area contributed by atoms with Crippen LogP contribution in [-0.4, -0.2) is 44.6 Å². The van der Waals surface area contributed by atoms with Gasteiger partial charge in [0, 0.05) is 18.7 Å². The molecule has 144 valence electrons. The van der Waals surface area contributed by atoms with Crippen molar-refractivity contribution >= 4 is 11.8 Å². The maximum Gasteiger partial charge on any atom is 0.254 e. The minimum absolute atomic E-state index is 0.0542. The van der Waals surface area contributed by atoms with Gasteiger partial charge in [-0.3, -0.25) is 9.59 Å². The monoisotopic (exact) mass is 381 g/mol. The van der Waals surface area contributed by atoms with Gasteiger partial charge >= 0.3 is 0 Å². The van der Waals surface area contributed by atoms with Gasteiger partial charge in [0.1, 0.15) is 18.5 Å². The van der Waals surface area contributed by atoms with Gasteiger partial charge in [-0.25, -0.2) is 14.1 Å². The molecule has 0 radical (unpaired) electrons. The topological polar surface area (TPSA) is 80.1 Å². The summed E-state index contributed by atoms with van der Waals surface area (Å²) in [4.78, 5) is 30.2. The molecule has 0 saturated carbocycles. The van der Waals surface area contributed by atoms with Crippen molar-refractivity contribution in [2.75, 3.05) is 13.1 Å². The third-order valence-corrected chi connectivity index (χ3v) is 4.20. The highest BCUT2D eigenvalue weighted by Gasteiger charge is 2.17.